The molecule has 136 valence electrons. The zero-order valence-corrected chi connectivity index (χ0v) is 14.4. The maximum absolute atomic E-state index is 12.3. The van der Waals surface area contributed by atoms with Crippen LogP contribution in [-0.4, -0.2) is 23.5 Å². The largest absolute Gasteiger partial charge is 0.493 e. The Morgan fingerprint density at radius 3 is 2.73 bits per heavy atom. The highest BCUT2D eigenvalue weighted by Crippen LogP contribution is 2.31. The van der Waals surface area contributed by atoms with Crippen LogP contribution < -0.4 is 10.1 Å². The van der Waals surface area contributed by atoms with Crippen LogP contribution in [0.25, 0.3) is 0 Å². The van der Waals surface area contributed by atoms with E-state index in [2.05, 4.69) is 5.32 Å². The minimum Gasteiger partial charge on any atom is -0.493 e. The fourth-order valence-electron chi connectivity index (χ4n) is 2.53. The Labute approximate surface area is 151 Å². The van der Waals surface area contributed by atoms with Gasteiger partial charge in [0.15, 0.2) is 0 Å². The van der Waals surface area contributed by atoms with Crippen LogP contribution in [-0.2, 0) is 11.3 Å². The van der Waals surface area contributed by atoms with Crippen LogP contribution >= 0.6 is 0 Å². The Hall–Kier alpha value is -3.09. The van der Waals surface area contributed by atoms with E-state index in [0.29, 0.717) is 18.0 Å². The van der Waals surface area contributed by atoms with Crippen LogP contribution in [0.5, 0.6) is 5.75 Å². The van der Waals surface area contributed by atoms with Crippen molar-refractivity contribution >= 4 is 17.3 Å². The van der Waals surface area contributed by atoms with Gasteiger partial charge in [-0.25, -0.2) is 4.79 Å². The van der Waals surface area contributed by atoms with Crippen molar-refractivity contribution in [2.24, 2.45) is 0 Å². The number of esters is 1. The van der Waals surface area contributed by atoms with Crippen molar-refractivity contribution in [2.75, 3.05) is 11.9 Å². The van der Waals surface area contributed by atoms with E-state index in [9.17, 15) is 14.9 Å². The number of nitro benzene ring substituents is 1. The third-order valence-electron chi connectivity index (χ3n) is 4.00. The van der Waals surface area contributed by atoms with E-state index in [0.717, 1.165) is 18.4 Å². The maximum atomic E-state index is 12.3. The zero-order valence-electron chi connectivity index (χ0n) is 14.4. The summed E-state index contributed by atoms with van der Waals surface area (Å²) in [5, 5.41) is 14.4. The molecule has 0 amide bonds. The maximum Gasteiger partial charge on any atom is 0.338 e. The van der Waals surface area contributed by atoms with Gasteiger partial charge in [0.05, 0.1) is 17.1 Å². The topological polar surface area (TPSA) is 90.7 Å². The number of nitro groups is 1. The molecular formula is C19H20N2O5. The Balaban J connectivity index is 1.71. The van der Waals surface area contributed by atoms with Gasteiger partial charge >= 0.3 is 5.97 Å². The molecule has 0 bridgehead atoms. The van der Waals surface area contributed by atoms with Crippen LogP contribution in [0, 0.1) is 10.1 Å². The summed E-state index contributed by atoms with van der Waals surface area (Å²) in [5.41, 5.74) is 1.19. The summed E-state index contributed by atoms with van der Waals surface area (Å²) in [6.07, 6.45) is 2.00. The number of anilines is 1. The van der Waals surface area contributed by atoms with E-state index < -0.39 is 10.9 Å². The highest BCUT2D eigenvalue weighted by atomic mass is 16.6. The van der Waals surface area contributed by atoms with E-state index in [1.165, 1.54) is 12.1 Å². The SMILES string of the molecule is CCOc1ccccc1COC(=O)c1ccc(NC2CC2)c([N+](=O)[O-])c1. The van der Waals surface area contributed by atoms with Crippen molar-refractivity contribution in [1.82, 2.24) is 0 Å². The number of benzene rings is 2. The lowest BCUT2D eigenvalue weighted by atomic mass is 10.1. The second-order valence-electron chi connectivity index (χ2n) is 6.02. The van der Waals surface area contributed by atoms with Crippen LogP contribution in [0.15, 0.2) is 42.5 Å². The minimum absolute atomic E-state index is 0.0326. The Morgan fingerprint density at radius 2 is 2.04 bits per heavy atom. The molecule has 7 nitrogen and oxygen atoms in total. The minimum atomic E-state index is -0.614. The molecule has 0 unspecified atom stereocenters. The molecular weight excluding hydrogens is 336 g/mol. The van der Waals surface area contributed by atoms with Gasteiger partial charge in [-0.1, -0.05) is 18.2 Å². The molecule has 0 heterocycles. The van der Waals surface area contributed by atoms with Crippen LogP contribution in [0.4, 0.5) is 11.4 Å². The first-order valence-electron chi connectivity index (χ1n) is 8.51. The summed E-state index contributed by atoms with van der Waals surface area (Å²) in [4.78, 5) is 23.1. The number of carbonyl (C=O) groups is 1. The lowest BCUT2D eigenvalue weighted by molar-refractivity contribution is -0.384. The van der Waals surface area contributed by atoms with E-state index >= 15 is 0 Å². The van der Waals surface area contributed by atoms with E-state index in [4.69, 9.17) is 9.47 Å². The third kappa shape index (κ3) is 4.30. The first kappa shape index (κ1) is 17.7. The van der Waals surface area contributed by atoms with Gasteiger partial charge in [0.25, 0.3) is 5.69 Å². The van der Waals surface area contributed by atoms with Gasteiger partial charge in [-0.15, -0.1) is 0 Å². The summed E-state index contributed by atoms with van der Waals surface area (Å²) in [5.74, 6) is 0.0372. The number of nitrogens with one attached hydrogen (secondary N) is 1. The Bertz CT molecular complexity index is 817. The van der Waals surface area contributed by atoms with Crippen molar-refractivity contribution in [2.45, 2.75) is 32.4 Å². The zero-order chi connectivity index (χ0) is 18.5. The van der Waals surface area contributed by atoms with Gasteiger partial charge in [-0.2, -0.15) is 0 Å². The van der Waals surface area contributed by atoms with Crippen LogP contribution in [0.1, 0.15) is 35.7 Å². The van der Waals surface area contributed by atoms with Crippen LogP contribution in [0.2, 0.25) is 0 Å². The monoisotopic (exact) mass is 356 g/mol. The normalized spacial score (nSPS) is 13.1. The summed E-state index contributed by atoms with van der Waals surface area (Å²) in [7, 11) is 0. The fraction of sp³-hybridized carbons (Fsp3) is 0.316. The Kier molecular flexibility index (Phi) is 5.36. The molecule has 1 saturated carbocycles. The molecule has 0 saturated heterocycles. The molecule has 0 spiro atoms. The van der Waals surface area contributed by atoms with Crippen molar-refractivity contribution in [3.8, 4) is 5.75 Å². The lowest BCUT2D eigenvalue weighted by Crippen LogP contribution is -2.09. The molecule has 1 N–H and O–H groups in total. The van der Waals surface area contributed by atoms with E-state index in [-0.39, 0.29) is 23.9 Å². The van der Waals surface area contributed by atoms with Gasteiger partial charge in [0.1, 0.15) is 18.0 Å². The molecule has 7 heteroatoms. The molecule has 1 aliphatic rings. The van der Waals surface area contributed by atoms with Gasteiger partial charge in [0.2, 0.25) is 0 Å². The average Bonchev–Trinajstić information content (AvgIpc) is 3.45. The molecule has 26 heavy (non-hydrogen) atoms. The van der Waals surface area contributed by atoms with Crippen molar-refractivity contribution in [1.29, 1.82) is 0 Å². The molecule has 0 aliphatic heterocycles. The van der Waals surface area contributed by atoms with Crippen molar-refractivity contribution in [3.63, 3.8) is 0 Å². The number of para-hydroxylation sites is 1. The molecule has 0 aromatic heterocycles. The van der Waals surface area contributed by atoms with E-state index in [1.54, 1.807) is 12.1 Å². The summed E-state index contributed by atoms with van der Waals surface area (Å²) >= 11 is 0. The predicted octanol–water partition coefficient (Wildman–Crippen LogP) is 3.92. The number of rotatable bonds is 8. The lowest BCUT2D eigenvalue weighted by Gasteiger charge is -2.11. The highest BCUT2D eigenvalue weighted by Gasteiger charge is 2.25. The fourth-order valence-corrected chi connectivity index (χ4v) is 2.53. The van der Waals surface area contributed by atoms with Crippen LogP contribution in [0.3, 0.4) is 0 Å². The average molecular weight is 356 g/mol. The van der Waals surface area contributed by atoms with Gasteiger partial charge in [-0.3, -0.25) is 10.1 Å². The smallest absolute Gasteiger partial charge is 0.338 e. The third-order valence-corrected chi connectivity index (χ3v) is 4.00. The first-order valence-corrected chi connectivity index (χ1v) is 8.51. The number of nitrogens with zero attached hydrogens (tertiary/aromatic N) is 1. The molecule has 3 rings (SSSR count). The second-order valence-corrected chi connectivity index (χ2v) is 6.02. The summed E-state index contributed by atoms with van der Waals surface area (Å²) < 4.78 is 10.8. The van der Waals surface area contributed by atoms with Gasteiger partial charge in [0, 0.05) is 17.7 Å². The second kappa shape index (κ2) is 7.86. The molecule has 2 aromatic carbocycles. The first-order chi connectivity index (χ1) is 12.6. The number of hydrogen-bond donors (Lipinski definition) is 1. The molecule has 1 fully saturated rings. The number of carbonyl (C=O) groups excluding carboxylic acids is 1. The number of ether oxygens (including phenoxy) is 2. The molecule has 2 aromatic rings. The standard InChI is InChI=1S/C19H20N2O5/c1-2-25-18-6-4-3-5-14(18)12-26-19(22)13-7-10-16(20-15-8-9-15)17(11-13)21(23)24/h3-7,10-11,15,20H,2,8-9,12H2,1H3. The summed E-state index contributed by atoms with van der Waals surface area (Å²) in [6, 6.07) is 11.9. The molecule has 0 atom stereocenters. The van der Waals surface area contributed by atoms with Crippen molar-refractivity contribution in [3.05, 3.63) is 63.7 Å². The predicted molar refractivity (Wildman–Crippen MR) is 96.5 cm³/mol. The van der Waals surface area contributed by atoms with Gasteiger partial charge in [-0.05, 0) is 38.0 Å². The van der Waals surface area contributed by atoms with Gasteiger partial charge < -0.3 is 14.8 Å². The number of hydrogen-bond acceptors (Lipinski definition) is 6. The highest BCUT2D eigenvalue weighted by molar-refractivity contribution is 5.91. The van der Waals surface area contributed by atoms with Crippen molar-refractivity contribution < 1.29 is 19.2 Å². The van der Waals surface area contributed by atoms with E-state index in [1.807, 2.05) is 25.1 Å². The summed E-state index contributed by atoms with van der Waals surface area (Å²) in [6.45, 7) is 2.41. The molecule has 0 radical (unpaired) electrons. The molecule has 1 aliphatic carbocycles. The Morgan fingerprint density at radius 1 is 1.27 bits per heavy atom. The quantitative estimate of drug-likeness (QED) is 0.438.